The summed E-state index contributed by atoms with van der Waals surface area (Å²) in [7, 11) is -3.66. The Hall–Kier alpha value is -1.07. The molecule has 2 rings (SSSR count). The standard InChI is InChI=1S/C7H14.C6H8N2O2S/c1-7-5-3-2-4-6-7;7-5-3-1-2-4-6(5)11(8,9)10/h7H,2-6H2,1H3;1-4H,7H2,(H2,8,9,10). The molecule has 0 saturated heterocycles. The molecule has 1 aliphatic rings. The van der Waals surface area contributed by atoms with Crippen LogP contribution in [-0.4, -0.2) is 8.42 Å². The van der Waals surface area contributed by atoms with Crippen LogP contribution >= 0.6 is 0 Å². The molecule has 4 nitrogen and oxygen atoms in total. The SMILES string of the molecule is CC1CCCCC1.Nc1ccccc1S(N)(=O)=O. The van der Waals surface area contributed by atoms with Crippen LogP contribution in [-0.2, 0) is 10.0 Å². The van der Waals surface area contributed by atoms with Gasteiger partial charge in [0.1, 0.15) is 4.90 Å². The maximum Gasteiger partial charge on any atom is 0.240 e. The molecule has 0 atom stereocenters. The minimum atomic E-state index is -3.66. The molecule has 4 N–H and O–H groups in total. The van der Waals surface area contributed by atoms with Crippen LogP contribution in [0.5, 0.6) is 0 Å². The lowest BCUT2D eigenvalue weighted by molar-refractivity contribution is 0.385. The van der Waals surface area contributed by atoms with E-state index in [1.807, 2.05) is 0 Å². The lowest BCUT2D eigenvalue weighted by Crippen LogP contribution is -2.13. The fourth-order valence-corrected chi connectivity index (χ4v) is 2.71. The molecule has 0 unspecified atom stereocenters. The van der Waals surface area contributed by atoms with E-state index in [9.17, 15) is 8.42 Å². The Morgan fingerprint density at radius 2 is 1.67 bits per heavy atom. The molecule has 5 heteroatoms. The van der Waals surface area contributed by atoms with Crippen LogP contribution in [0.25, 0.3) is 0 Å². The van der Waals surface area contributed by atoms with Crippen molar-refractivity contribution >= 4 is 15.7 Å². The van der Waals surface area contributed by atoms with E-state index in [0.29, 0.717) is 0 Å². The van der Waals surface area contributed by atoms with Crippen molar-refractivity contribution in [3.8, 4) is 0 Å². The van der Waals surface area contributed by atoms with Crippen molar-refractivity contribution < 1.29 is 8.42 Å². The van der Waals surface area contributed by atoms with E-state index in [2.05, 4.69) is 6.92 Å². The van der Waals surface area contributed by atoms with Gasteiger partial charge in [0.15, 0.2) is 0 Å². The van der Waals surface area contributed by atoms with E-state index in [1.165, 1.54) is 44.2 Å². The number of nitrogens with two attached hydrogens (primary N) is 2. The van der Waals surface area contributed by atoms with Gasteiger partial charge in [-0.3, -0.25) is 0 Å². The predicted molar refractivity (Wildman–Crippen MR) is 74.5 cm³/mol. The van der Waals surface area contributed by atoms with Crippen LogP contribution in [0.1, 0.15) is 39.0 Å². The molecule has 1 fully saturated rings. The van der Waals surface area contributed by atoms with Gasteiger partial charge in [0.25, 0.3) is 0 Å². The van der Waals surface area contributed by atoms with Gasteiger partial charge in [0.05, 0.1) is 5.69 Å². The average molecular weight is 270 g/mol. The zero-order valence-corrected chi connectivity index (χ0v) is 11.6. The highest BCUT2D eigenvalue weighted by molar-refractivity contribution is 7.89. The van der Waals surface area contributed by atoms with Crippen molar-refractivity contribution in [1.82, 2.24) is 0 Å². The van der Waals surface area contributed by atoms with Crippen LogP contribution in [0.2, 0.25) is 0 Å². The number of hydrogen-bond acceptors (Lipinski definition) is 3. The molecule has 0 heterocycles. The summed E-state index contributed by atoms with van der Waals surface area (Å²) < 4.78 is 21.5. The number of rotatable bonds is 1. The molecule has 18 heavy (non-hydrogen) atoms. The number of benzene rings is 1. The van der Waals surface area contributed by atoms with Gasteiger partial charge < -0.3 is 5.73 Å². The second-order valence-electron chi connectivity index (χ2n) is 4.83. The third-order valence-corrected chi connectivity index (χ3v) is 4.10. The second-order valence-corrected chi connectivity index (χ2v) is 6.36. The normalized spacial score (nSPS) is 16.8. The third-order valence-electron chi connectivity index (χ3n) is 3.12. The van der Waals surface area contributed by atoms with E-state index in [4.69, 9.17) is 10.9 Å². The summed E-state index contributed by atoms with van der Waals surface area (Å²) in [5, 5.41) is 4.85. The topological polar surface area (TPSA) is 86.2 Å². The largest absolute Gasteiger partial charge is 0.398 e. The first-order valence-electron chi connectivity index (χ1n) is 6.28. The number of sulfonamides is 1. The molecule has 0 bridgehead atoms. The summed E-state index contributed by atoms with van der Waals surface area (Å²) >= 11 is 0. The number of nitrogen functional groups attached to an aromatic ring is 1. The molecule has 1 aliphatic carbocycles. The van der Waals surface area contributed by atoms with E-state index >= 15 is 0 Å². The van der Waals surface area contributed by atoms with Gasteiger partial charge in [0, 0.05) is 0 Å². The fourth-order valence-electron chi connectivity index (χ4n) is 2.05. The molecule has 0 spiro atoms. The first-order valence-corrected chi connectivity index (χ1v) is 7.83. The fraction of sp³-hybridized carbons (Fsp3) is 0.538. The van der Waals surface area contributed by atoms with Crippen LogP contribution in [0.4, 0.5) is 5.69 Å². The minimum Gasteiger partial charge on any atom is -0.398 e. The zero-order chi connectivity index (χ0) is 13.6. The molecule has 1 aromatic rings. The highest BCUT2D eigenvalue weighted by Crippen LogP contribution is 2.22. The Morgan fingerprint density at radius 1 is 1.11 bits per heavy atom. The Balaban J connectivity index is 0.000000199. The first-order chi connectivity index (χ1) is 8.41. The maximum atomic E-state index is 10.8. The van der Waals surface area contributed by atoms with E-state index < -0.39 is 10.0 Å². The Labute approximate surface area is 109 Å². The van der Waals surface area contributed by atoms with Gasteiger partial charge in [-0.05, 0) is 18.1 Å². The van der Waals surface area contributed by atoms with E-state index in [-0.39, 0.29) is 10.6 Å². The molecule has 102 valence electrons. The Morgan fingerprint density at radius 3 is 2.00 bits per heavy atom. The molecule has 1 aromatic carbocycles. The number of hydrogen-bond donors (Lipinski definition) is 2. The quantitative estimate of drug-likeness (QED) is 0.769. The molecular weight excluding hydrogens is 248 g/mol. The highest BCUT2D eigenvalue weighted by atomic mass is 32.2. The summed E-state index contributed by atoms with van der Waals surface area (Å²) in [5.41, 5.74) is 5.52. The van der Waals surface area contributed by atoms with Gasteiger partial charge in [-0.2, -0.15) is 0 Å². The Kier molecular flexibility index (Phi) is 5.62. The van der Waals surface area contributed by atoms with Crippen molar-refractivity contribution in [3.05, 3.63) is 24.3 Å². The number of anilines is 1. The molecule has 0 amide bonds. The second kappa shape index (κ2) is 6.75. The Bertz CT molecular complexity index is 466. The molecule has 0 radical (unpaired) electrons. The predicted octanol–water partition coefficient (Wildman–Crippen LogP) is 2.50. The summed E-state index contributed by atoms with van der Waals surface area (Å²) in [6.07, 6.45) is 7.44. The monoisotopic (exact) mass is 270 g/mol. The number of primary sulfonamides is 1. The maximum absolute atomic E-state index is 10.8. The van der Waals surface area contributed by atoms with Crippen LogP contribution in [0, 0.1) is 5.92 Å². The van der Waals surface area contributed by atoms with Gasteiger partial charge in [-0.25, -0.2) is 13.6 Å². The third kappa shape index (κ3) is 5.06. The molecule has 0 aliphatic heterocycles. The van der Waals surface area contributed by atoms with Gasteiger partial charge in [-0.1, -0.05) is 51.2 Å². The van der Waals surface area contributed by atoms with Crippen LogP contribution < -0.4 is 10.9 Å². The summed E-state index contributed by atoms with van der Waals surface area (Å²) in [5.74, 6) is 1.04. The summed E-state index contributed by atoms with van der Waals surface area (Å²) in [6, 6.07) is 6.06. The van der Waals surface area contributed by atoms with Crippen molar-refractivity contribution in [3.63, 3.8) is 0 Å². The van der Waals surface area contributed by atoms with Crippen molar-refractivity contribution in [2.45, 2.75) is 43.9 Å². The number of para-hydroxylation sites is 1. The van der Waals surface area contributed by atoms with Crippen molar-refractivity contribution in [2.24, 2.45) is 11.1 Å². The summed E-state index contributed by atoms with van der Waals surface area (Å²) in [4.78, 5) is -0.0278. The van der Waals surface area contributed by atoms with Gasteiger partial charge in [-0.15, -0.1) is 0 Å². The minimum absolute atomic E-state index is 0.0278. The van der Waals surface area contributed by atoms with Crippen molar-refractivity contribution in [1.29, 1.82) is 0 Å². The van der Waals surface area contributed by atoms with Crippen LogP contribution in [0.3, 0.4) is 0 Å². The highest BCUT2D eigenvalue weighted by Gasteiger charge is 2.09. The molecular formula is C13H22N2O2S. The first kappa shape index (κ1) is 15.0. The lowest BCUT2D eigenvalue weighted by Gasteiger charge is -2.15. The van der Waals surface area contributed by atoms with Crippen LogP contribution in [0.15, 0.2) is 29.2 Å². The molecule has 0 aromatic heterocycles. The van der Waals surface area contributed by atoms with Crippen molar-refractivity contribution in [2.75, 3.05) is 5.73 Å². The lowest BCUT2D eigenvalue weighted by atomic mass is 9.91. The van der Waals surface area contributed by atoms with E-state index in [0.717, 1.165) is 5.92 Å². The van der Waals surface area contributed by atoms with Gasteiger partial charge >= 0.3 is 0 Å². The van der Waals surface area contributed by atoms with E-state index in [1.54, 1.807) is 12.1 Å². The smallest absolute Gasteiger partial charge is 0.240 e. The molecule has 1 saturated carbocycles. The average Bonchev–Trinajstić information content (AvgIpc) is 2.30. The zero-order valence-electron chi connectivity index (χ0n) is 10.8. The summed E-state index contributed by atoms with van der Waals surface area (Å²) in [6.45, 7) is 2.36. The van der Waals surface area contributed by atoms with Gasteiger partial charge in [0.2, 0.25) is 10.0 Å².